The van der Waals surface area contributed by atoms with Gasteiger partial charge in [0.05, 0.1) is 17.3 Å². The molecule has 0 aromatic rings. The fourth-order valence-corrected chi connectivity index (χ4v) is 3.09. The van der Waals surface area contributed by atoms with Crippen LogP contribution in [0.15, 0.2) is 0 Å². The van der Waals surface area contributed by atoms with Gasteiger partial charge in [-0.3, -0.25) is 14.4 Å². The summed E-state index contributed by atoms with van der Waals surface area (Å²) in [7, 11) is 1.83. The van der Waals surface area contributed by atoms with Gasteiger partial charge < -0.3 is 19.9 Å². The molecular formula is C18H31NO6. The summed E-state index contributed by atoms with van der Waals surface area (Å²) in [5.74, 6) is -3.03. The van der Waals surface area contributed by atoms with E-state index in [-0.39, 0.29) is 19.2 Å². The highest BCUT2D eigenvalue weighted by Crippen LogP contribution is 2.31. The van der Waals surface area contributed by atoms with E-state index in [4.69, 9.17) is 9.47 Å². The van der Waals surface area contributed by atoms with Crippen molar-refractivity contribution in [3.8, 4) is 0 Å². The van der Waals surface area contributed by atoms with Gasteiger partial charge in [-0.2, -0.15) is 0 Å². The van der Waals surface area contributed by atoms with Crippen LogP contribution in [0.25, 0.3) is 0 Å². The number of rotatable bonds is 10. The number of nitrogens with one attached hydrogen (secondary N) is 1. The molecule has 1 aliphatic rings. The van der Waals surface area contributed by atoms with Crippen LogP contribution in [0, 0.1) is 17.3 Å². The number of carboxylic acid groups (broad SMARTS) is 1. The summed E-state index contributed by atoms with van der Waals surface area (Å²) in [4.78, 5) is 35.6. The molecule has 1 rings (SSSR count). The van der Waals surface area contributed by atoms with Crippen molar-refractivity contribution in [2.45, 2.75) is 52.4 Å². The molecule has 3 unspecified atom stereocenters. The summed E-state index contributed by atoms with van der Waals surface area (Å²) < 4.78 is 10.4. The maximum absolute atomic E-state index is 12.2. The summed E-state index contributed by atoms with van der Waals surface area (Å²) in [5.41, 5.74) is -0.565. The van der Waals surface area contributed by atoms with Crippen molar-refractivity contribution < 1.29 is 29.0 Å². The highest BCUT2D eigenvalue weighted by Gasteiger charge is 2.37. The molecule has 0 radical (unpaired) electrons. The van der Waals surface area contributed by atoms with Crippen molar-refractivity contribution >= 4 is 17.9 Å². The van der Waals surface area contributed by atoms with Gasteiger partial charge in [0.25, 0.3) is 0 Å². The zero-order chi connectivity index (χ0) is 18.9. The van der Waals surface area contributed by atoms with E-state index >= 15 is 0 Å². The molecule has 25 heavy (non-hydrogen) atoms. The molecule has 1 saturated carbocycles. The molecule has 0 aliphatic heterocycles. The lowest BCUT2D eigenvalue weighted by molar-refractivity contribution is -0.165. The van der Waals surface area contributed by atoms with E-state index in [0.29, 0.717) is 32.2 Å². The van der Waals surface area contributed by atoms with Gasteiger partial charge in [0.1, 0.15) is 13.2 Å². The normalized spacial score (nSPS) is 22.7. The molecule has 7 nitrogen and oxygen atoms in total. The largest absolute Gasteiger partial charge is 0.481 e. The minimum Gasteiger partial charge on any atom is -0.481 e. The molecule has 1 aliphatic carbocycles. The molecule has 144 valence electrons. The third-order valence-electron chi connectivity index (χ3n) is 5.15. The molecule has 1 fully saturated rings. The van der Waals surface area contributed by atoms with E-state index in [1.165, 1.54) is 0 Å². The van der Waals surface area contributed by atoms with Crippen LogP contribution in [-0.4, -0.2) is 49.8 Å². The Labute approximate surface area is 149 Å². The Balaban J connectivity index is 2.39. The van der Waals surface area contributed by atoms with Crippen LogP contribution in [0.1, 0.15) is 52.4 Å². The van der Waals surface area contributed by atoms with Crippen LogP contribution in [0.2, 0.25) is 0 Å². The molecule has 0 heterocycles. The van der Waals surface area contributed by atoms with Gasteiger partial charge >= 0.3 is 17.9 Å². The second-order valence-electron chi connectivity index (χ2n) is 6.91. The average Bonchev–Trinajstić information content (AvgIpc) is 2.62. The molecule has 3 atom stereocenters. The van der Waals surface area contributed by atoms with Gasteiger partial charge in [0.2, 0.25) is 0 Å². The Morgan fingerprint density at radius 1 is 1.12 bits per heavy atom. The number of hydrogen-bond donors (Lipinski definition) is 2. The number of carbonyl (C=O) groups is 3. The topological polar surface area (TPSA) is 102 Å². The molecule has 7 heteroatoms. The lowest BCUT2D eigenvalue weighted by Crippen LogP contribution is -2.35. The van der Waals surface area contributed by atoms with Gasteiger partial charge in [-0.15, -0.1) is 0 Å². The van der Waals surface area contributed by atoms with Crippen LogP contribution < -0.4 is 5.32 Å². The average molecular weight is 357 g/mol. The third-order valence-corrected chi connectivity index (χ3v) is 5.15. The van der Waals surface area contributed by atoms with Crippen LogP contribution in [0.5, 0.6) is 0 Å². The minimum atomic E-state index is -0.948. The summed E-state index contributed by atoms with van der Waals surface area (Å²) in [6.07, 6.45) is 4.02. The molecule has 2 N–H and O–H groups in total. The van der Waals surface area contributed by atoms with Gasteiger partial charge in [-0.25, -0.2) is 0 Å². The zero-order valence-electron chi connectivity index (χ0n) is 15.5. The fourth-order valence-electron chi connectivity index (χ4n) is 3.09. The first kappa shape index (κ1) is 21.4. The smallest absolute Gasteiger partial charge is 0.311 e. The van der Waals surface area contributed by atoms with E-state index in [0.717, 1.165) is 12.8 Å². The first-order valence-electron chi connectivity index (χ1n) is 9.07. The Hall–Kier alpha value is -1.63. The third kappa shape index (κ3) is 6.30. The van der Waals surface area contributed by atoms with Gasteiger partial charge in [0.15, 0.2) is 0 Å². The molecule has 0 bridgehead atoms. The molecule has 0 amide bonds. The second kappa shape index (κ2) is 10.4. The molecule has 0 aromatic carbocycles. The van der Waals surface area contributed by atoms with Crippen LogP contribution >= 0.6 is 0 Å². The first-order chi connectivity index (χ1) is 11.9. The summed E-state index contributed by atoms with van der Waals surface area (Å²) in [5, 5.41) is 12.2. The first-order valence-corrected chi connectivity index (χ1v) is 9.07. The highest BCUT2D eigenvalue weighted by atomic mass is 16.6. The van der Waals surface area contributed by atoms with Crippen molar-refractivity contribution in [1.82, 2.24) is 5.32 Å². The molecular weight excluding hydrogens is 326 g/mol. The summed E-state index contributed by atoms with van der Waals surface area (Å²) in [6.45, 7) is 4.46. The van der Waals surface area contributed by atoms with Crippen molar-refractivity contribution in [3.05, 3.63) is 0 Å². The quantitative estimate of drug-likeness (QED) is 0.455. The van der Waals surface area contributed by atoms with E-state index in [1.54, 1.807) is 0 Å². The number of hydrogen-bond acceptors (Lipinski definition) is 6. The second-order valence-corrected chi connectivity index (χ2v) is 6.91. The van der Waals surface area contributed by atoms with Crippen LogP contribution in [0.4, 0.5) is 0 Å². The number of aliphatic carboxylic acids is 1. The van der Waals surface area contributed by atoms with Crippen molar-refractivity contribution in [2.75, 3.05) is 26.8 Å². The number of carboxylic acids is 1. The lowest BCUT2D eigenvalue weighted by atomic mass is 9.79. The standard InChI is InChI=1S/C18H31NO6/c1-4-18(2,9-10-19-3)17(23)25-12-11-24-16(22)14-8-6-5-7-13(14)15(20)21/h13-14,19H,4-12H2,1-3H3,(H,20,21). The molecule has 0 spiro atoms. The van der Waals surface area contributed by atoms with Gasteiger partial charge in [0, 0.05) is 0 Å². The summed E-state index contributed by atoms with van der Waals surface area (Å²) in [6, 6.07) is 0. The van der Waals surface area contributed by atoms with E-state index in [9.17, 15) is 19.5 Å². The molecule has 0 saturated heterocycles. The van der Waals surface area contributed by atoms with E-state index < -0.39 is 29.2 Å². The Morgan fingerprint density at radius 2 is 1.72 bits per heavy atom. The van der Waals surface area contributed by atoms with Gasteiger partial charge in [-0.05, 0) is 46.2 Å². The van der Waals surface area contributed by atoms with E-state index in [2.05, 4.69) is 5.32 Å². The van der Waals surface area contributed by atoms with Crippen LogP contribution in [0.3, 0.4) is 0 Å². The maximum Gasteiger partial charge on any atom is 0.311 e. The Bertz CT molecular complexity index is 466. The van der Waals surface area contributed by atoms with Gasteiger partial charge in [-0.1, -0.05) is 19.8 Å². The highest BCUT2D eigenvalue weighted by molar-refractivity contribution is 5.81. The Morgan fingerprint density at radius 3 is 2.28 bits per heavy atom. The lowest BCUT2D eigenvalue weighted by Gasteiger charge is -2.27. The number of esters is 2. The Kier molecular flexibility index (Phi) is 8.89. The van der Waals surface area contributed by atoms with Crippen LogP contribution in [-0.2, 0) is 23.9 Å². The monoisotopic (exact) mass is 357 g/mol. The number of ether oxygens (including phenoxy) is 2. The maximum atomic E-state index is 12.2. The predicted octanol–water partition coefficient (Wildman–Crippen LogP) is 1.99. The van der Waals surface area contributed by atoms with Crippen molar-refractivity contribution in [2.24, 2.45) is 17.3 Å². The summed E-state index contributed by atoms with van der Waals surface area (Å²) >= 11 is 0. The predicted molar refractivity (Wildman–Crippen MR) is 91.9 cm³/mol. The minimum absolute atomic E-state index is 0.00975. The zero-order valence-corrected chi connectivity index (χ0v) is 15.5. The SMILES string of the molecule is CCC(C)(CCNC)C(=O)OCCOC(=O)C1CCCCC1C(=O)O. The van der Waals surface area contributed by atoms with Crippen molar-refractivity contribution in [3.63, 3.8) is 0 Å². The fraction of sp³-hybridized carbons (Fsp3) is 0.833. The van der Waals surface area contributed by atoms with Crippen molar-refractivity contribution in [1.29, 1.82) is 0 Å². The van der Waals surface area contributed by atoms with E-state index in [1.807, 2.05) is 20.9 Å². The molecule has 0 aromatic heterocycles. The number of carbonyl (C=O) groups excluding carboxylic acids is 2.